The minimum absolute atomic E-state index is 0.292. The molecule has 0 radical (unpaired) electrons. The molecular formula is C37H25FNO+. The SMILES string of the molecule is Cc1ccc2c(oc3c(-c4cc5ccccc5c5c4ccc4ccccc45)c(F)ccc32)c1-c1cccc[n+]1C. The molecule has 6 aromatic carbocycles. The largest absolute Gasteiger partial charge is 0.454 e. The number of hydrogen-bond donors (Lipinski definition) is 0. The second kappa shape index (κ2) is 8.49. The molecule has 0 fully saturated rings. The molecule has 0 aliphatic carbocycles. The van der Waals surface area contributed by atoms with Crippen LogP contribution in [0.5, 0.6) is 0 Å². The molecule has 0 atom stereocenters. The number of aryl methyl sites for hydroxylation is 2. The van der Waals surface area contributed by atoms with Crippen LogP contribution in [0.3, 0.4) is 0 Å². The van der Waals surface area contributed by atoms with Crippen LogP contribution in [0.2, 0.25) is 0 Å². The number of hydrogen-bond acceptors (Lipinski definition) is 1. The zero-order valence-corrected chi connectivity index (χ0v) is 22.2. The van der Waals surface area contributed by atoms with Gasteiger partial charge in [-0.2, -0.15) is 0 Å². The fourth-order valence-electron chi connectivity index (χ4n) is 6.41. The Morgan fingerprint density at radius 2 is 1.25 bits per heavy atom. The van der Waals surface area contributed by atoms with Gasteiger partial charge in [0.2, 0.25) is 5.69 Å². The average molecular weight is 519 g/mol. The highest BCUT2D eigenvalue weighted by Crippen LogP contribution is 2.45. The van der Waals surface area contributed by atoms with Crippen LogP contribution >= 0.6 is 0 Å². The van der Waals surface area contributed by atoms with Crippen LogP contribution in [-0.2, 0) is 7.05 Å². The number of rotatable bonds is 2. The minimum atomic E-state index is -0.292. The summed E-state index contributed by atoms with van der Waals surface area (Å²) in [6, 6.07) is 36.9. The Labute approximate surface area is 230 Å². The molecular weight excluding hydrogens is 493 g/mol. The summed E-state index contributed by atoms with van der Waals surface area (Å²) in [4.78, 5) is 0. The van der Waals surface area contributed by atoms with E-state index in [9.17, 15) is 0 Å². The first-order valence-corrected chi connectivity index (χ1v) is 13.5. The Bertz CT molecular complexity index is 2300. The Morgan fingerprint density at radius 1 is 0.600 bits per heavy atom. The van der Waals surface area contributed by atoms with Crippen molar-refractivity contribution in [2.45, 2.75) is 6.92 Å². The van der Waals surface area contributed by atoms with Gasteiger partial charge in [-0.15, -0.1) is 0 Å². The third-order valence-electron chi connectivity index (χ3n) is 8.30. The zero-order valence-electron chi connectivity index (χ0n) is 22.2. The highest BCUT2D eigenvalue weighted by Gasteiger charge is 2.24. The van der Waals surface area contributed by atoms with Gasteiger partial charge >= 0.3 is 0 Å². The van der Waals surface area contributed by atoms with Gasteiger partial charge in [0.1, 0.15) is 24.0 Å². The van der Waals surface area contributed by atoms with E-state index in [1.807, 2.05) is 37.5 Å². The normalized spacial score (nSPS) is 11.9. The van der Waals surface area contributed by atoms with Crippen molar-refractivity contribution < 1.29 is 13.4 Å². The summed E-state index contributed by atoms with van der Waals surface area (Å²) in [7, 11) is 2.03. The molecule has 0 bridgehead atoms. The van der Waals surface area contributed by atoms with Gasteiger partial charge in [0.25, 0.3) is 0 Å². The fraction of sp³-hybridized carbons (Fsp3) is 0.0541. The van der Waals surface area contributed by atoms with Crippen molar-refractivity contribution in [1.29, 1.82) is 0 Å². The van der Waals surface area contributed by atoms with Crippen LogP contribution < -0.4 is 4.57 Å². The molecule has 40 heavy (non-hydrogen) atoms. The van der Waals surface area contributed by atoms with Gasteiger partial charge in [-0.3, -0.25) is 0 Å². The average Bonchev–Trinajstić information content (AvgIpc) is 3.35. The van der Waals surface area contributed by atoms with Gasteiger partial charge in [-0.25, -0.2) is 8.96 Å². The van der Waals surface area contributed by atoms with Gasteiger partial charge in [0.05, 0.1) is 11.1 Å². The molecule has 0 amide bonds. The molecule has 0 saturated carbocycles. The molecule has 0 aliphatic heterocycles. The summed E-state index contributed by atoms with van der Waals surface area (Å²) in [5.74, 6) is -0.292. The maximum absolute atomic E-state index is 16.1. The molecule has 0 aliphatic rings. The van der Waals surface area contributed by atoms with Gasteiger partial charge in [0.15, 0.2) is 6.20 Å². The van der Waals surface area contributed by atoms with Crippen LogP contribution in [0.15, 0.2) is 120 Å². The van der Waals surface area contributed by atoms with Crippen molar-refractivity contribution in [3.8, 4) is 22.4 Å². The van der Waals surface area contributed by atoms with E-state index in [-0.39, 0.29) is 5.82 Å². The van der Waals surface area contributed by atoms with Crippen LogP contribution in [0.1, 0.15) is 5.56 Å². The van der Waals surface area contributed by atoms with Crippen molar-refractivity contribution in [1.82, 2.24) is 0 Å². The van der Waals surface area contributed by atoms with Crippen LogP contribution in [0, 0.1) is 12.7 Å². The molecule has 3 heteroatoms. The van der Waals surface area contributed by atoms with E-state index in [0.717, 1.165) is 71.1 Å². The quantitative estimate of drug-likeness (QED) is 0.164. The van der Waals surface area contributed by atoms with E-state index < -0.39 is 0 Å². The predicted molar refractivity (Wildman–Crippen MR) is 163 cm³/mol. The second-order valence-corrected chi connectivity index (χ2v) is 10.6. The fourth-order valence-corrected chi connectivity index (χ4v) is 6.41. The highest BCUT2D eigenvalue weighted by molar-refractivity contribution is 6.25. The van der Waals surface area contributed by atoms with Crippen molar-refractivity contribution in [2.75, 3.05) is 0 Å². The molecule has 0 unspecified atom stereocenters. The molecule has 0 spiro atoms. The molecule has 2 nitrogen and oxygen atoms in total. The Hall–Kier alpha value is -5.02. The molecule has 190 valence electrons. The molecule has 2 heterocycles. The van der Waals surface area contributed by atoms with Gasteiger partial charge in [-0.1, -0.05) is 72.8 Å². The molecule has 8 aromatic rings. The lowest BCUT2D eigenvalue weighted by Gasteiger charge is -2.14. The summed E-state index contributed by atoms with van der Waals surface area (Å²) in [6.45, 7) is 2.10. The Balaban J connectivity index is 1.54. The number of halogens is 1. The summed E-state index contributed by atoms with van der Waals surface area (Å²) in [6.07, 6.45) is 2.03. The maximum Gasteiger partial charge on any atom is 0.216 e. The van der Waals surface area contributed by atoms with Gasteiger partial charge < -0.3 is 4.42 Å². The molecule has 8 rings (SSSR count). The van der Waals surface area contributed by atoms with Crippen LogP contribution in [0.4, 0.5) is 4.39 Å². The molecule has 2 aromatic heterocycles. The topological polar surface area (TPSA) is 17.0 Å². The van der Waals surface area contributed by atoms with Crippen LogP contribution in [-0.4, -0.2) is 0 Å². The summed E-state index contributed by atoms with van der Waals surface area (Å²) >= 11 is 0. The summed E-state index contributed by atoms with van der Waals surface area (Å²) < 4.78 is 24.9. The zero-order chi connectivity index (χ0) is 27.0. The number of nitrogens with zero attached hydrogens (tertiary/aromatic N) is 1. The third kappa shape index (κ3) is 3.18. The molecule has 0 saturated heterocycles. The first kappa shape index (κ1) is 22.9. The number of fused-ring (bicyclic) bond motifs is 8. The minimum Gasteiger partial charge on any atom is -0.454 e. The first-order chi connectivity index (χ1) is 19.6. The van der Waals surface area contributed by atoms with Crippen molar-refractivity contribution in [3.63, 3.8) is 0 Å². The van der Waals surface area contributed by atoms with Gasteiger partial charge in [-0.05, 0) is 74.6 Å². The first-order valence-electron chi connectivity index (χ1n) is 13.5. The van der Waals surface area contributed by atoms with E-state index >= 15 is 4.39 Å². The Morgan fingerprint density at radius 3 is 2.05 bits per heavy atom. The van der Waals surface area contributed by atoms with Gasteiger partial charge in [0, 0.05) is 22.9 Å². The summed E-state index contributed by atoms with van der Waals surface area (Å²) in [5.41, 5.74) is 5.88. The number of pyridine rings is 1. The van der Waals surface area contributed by atoms with E-state index in [1.165, 1.54) is 0 Å². The highest BCUT2D eigenvalue weighted by atomic mass is 19.1. The monoisotopic (exact) mass is 518 g/mol. The Kier molecular flexibility index (Phi) is 4.86. The van der Waals surface area contributed by atoms with E-state index in [1.54, 1.807) is 6.07 Å². The maximum atomic E-state index is 16.1. The van der Waals surface area contributed by atoms with E-state index in [0.29, 0.717) is 11.1 Å². The lowest BCUT2D eigenvalue weighted by atomic mass is 9.89. The smallest absolute Gasteiger partial charge is 0.216 e. The van der Waals surface area contributed by atoms with Crippen molar-refractivity contribution >= 4 is 54.3 Å². The lowest BCUT2D eigenvalue weighted by Crippen LogP contribution is -2.30. The second-order valence-electron chi connectivity index (χ2n) is 10.6. The number of furan rings is 1. The van der Waals surface area contributed by atoms with Crippen molar-refractivity contribution in [2.24, 2.45) is 7.05 Å². The standard InChI is InChI=1S/C37H25FNO/c1-22-14-16-28-29-18-19-31(38)35(37(29)40-36(28)33(22)32-13-7-8-20-39(32)2)30-21-24-10-4-6-12-26(24)34-25-11-5-3-9-23(25)15-17-27(30)34/h3-21H,1-2H3/q+1. The molecule has 0 N–H and O–H groups in total. The van der Waals surface area contributed by atoms with E-state index in [2.05, 4.69) is 90.4 Å². The third-order valence-corrected chi connectivity index (χ3v) is 8.30. The summed E-state index contributed by atoms with van der Waals surface area (Å²) in [5, 5.41) is 8.58. The number of benzene rings is 6. The number of aromatic nitrogens is 1. The predicted octanol–water partition coefficient (Wildman–Crippen LogP) is 9.65. The van der Waals surface area contributed by atoms with Crippen molar-refractivity contribution in [3.05, 3.63) is 127 Å². The van der Waals surface area contributed by atoms with E-state index in [4.69, 9.17) is 4.42 Å². The lowest BCUT2D eigenvalue weighted by molar-refractivity contribution is -0.660. The van der Waals surface area contributed by atoms with Crippen LogP contribution in [0.25, 0.3) is 76.6 Å².